The van der Waals surface area contributed by atoms with Crippen LogP contribution >= 0.6 is 23.1 Å². The molecule has 2 aromatic rings. The molecule has 114 valence electrons. The highest BCUT2D eigenvalue weighted by Crippen LogP contribution is 2.41. The average molecular weight is 326 g/mol. The maximum absolute atomic E-state index is 14.1. The maximum Gasteiger partial charge on any atom is 0.208 e. The van der Waals surface area contributed by atoms with Crippen molar-refractivity contribution >= 4 is 28.2 Å². The minimum Gasteiger partial charge on any atom is -0.353 e. The van der Waals surface area contributed by atoms with Crippen molar-refractivity contribution in [3.05, 3.63) is 35.6 Å². The van der Waals surface area contributed by atoms with Gasteiger partial charge in [-0.25, -0.2) is 4.39 Å². The van der Waals surface area contributed by atoms with Crippen LogP contribution in [0.2, 0.25) is 0 Å². The van der Waals surface area contributed by atoms with E-state index in [2.05, 4.69) is 10.2 Å². The van der Waals surface area contributed by atoms with Crippen LogP contribution in [0.1, 0.15) is 24.2 Å². The number of nitrogens with zero attached hydrogens (tertiary/aromatic N) is 3. The van der Waals surface area contributed by atoms with Gasteiger partial charge in [-0.05, 0) is 12.5 Å². The zero-order valence-corrected chi connectivity index (χ0v) is 13.9. The van der Waals surface area contributed by atoms with Crippen molar-refractivity contribution in [3.8, 4) is 0 Å². The number of hydrogen-bond donors (Lipinski definition) is 1. The fourth-order valence-electron chi connectivity index (χ4n) is 1.84. The summed E-state index contributed by atoms with van der Waals surface area (Å²) in [4.78, 5) is 1.90. The molecule has 1 heterocycles. The van der Waals surface area contributed by atoms with E-state index in [0.29, 0.717) is 5.56 Å². The number of thioether (sulfide) groups is 1. The highest BCUT2D eigenvalue weighted by Gasteiger charge is 2.24. The first-order valence-corrected chi connectivity index (χ1v) is 8.40. The summed E-state index contributed by atoms with van der Waals surface area (Å²) in [6.07, 6.45) is 0.769. The van der Waals surface area contributed by atoms with Crippen molar-refractivity contribution in [1.82, 2.24) is 10.2 Å². The minimum atomic E-state index is -0.226. The fraction of sp³-hybridized carbons (Fsp3) is 0.429. The van der Waals surface area contributed by atoms with Crippen LogP contribution in [0.15, 0.2) is 28.6 Å². The zero-order chi connectivity index (χ0) is 15.4. The molecule has 1 aromatic carbocycles. The number of halogens is 1. The fourth-order valence-corrected chi connectivity index (χ4v) is 4.06. The highest BCUT2D eigenvalue weighted by atomic mass is 32.2. The smallest absolute Gasteiger partial charge is 0.208 e. The Morgan fingerprint density at radius 2 is 2.05 bits per heavy atom. The summed E-state index contributed by atoms with van der Waals surface area (Å²) in [7, 11) is 3.84. The van der Waals surface area contributed by atoms with Crippen molar-refractivity contribution in [3.63, 3.8) is 0 Å². The van der Waals surface area contributed by atoms with Crippen molar-refractivity contribution < 1.29 is 4.39 Å². The van der Waals surface area contributed by atoms with E-state index in [1.807, 2.05) is 32.0 Å². The molecule has 0 saturated heterocycles. The molecule has 1 aromatic heterocycles. The van der Waals surface area contributed by atoms with Crippen LogP contribution < -0.4 is 10.6 Å². The van der Waals surface area contributed by atoms with E-state index < -0.39 is 0 Å². The molecule has 2 unspecified atom stereocenters. The summed E-state index contributed by atoms with van der Waals surface area (Å²) < 4.78 is 14.9. The Bertz CT molecular complexity index is 588. The number of nitrogens with two attached hydrogens (primary N) is 1. The van der Waals surface area contributed by atoms with Gasteiger partial charge in [-0.15, -0.1) is 10.2 Å². The van der Waals surface area contributed by atoms with E-state index in [1.165, 1.54) is 29.2 Å². The number of anilines is 1. The second kappa shape index (κ2) is 7.20. The first-order valence-electron chi connectivity index (χ1n) is 6.70. The van der Waals surface area contributed by atoms with E-state index in [-0.39, 0.29) is 17.1 Å². The van der Waals surface area contributed by atoms with E-state index >= 15 is 0 Å². The van der Waals surface area contributed by atoms with Gasteiger partial charge in [-0.3, -0.25) is 0 Å². The van der Waals surface area contributed by atoms with Crippen molar-refractivity contribution in [2.75, 3.05) is 19.0 Å². The number of hydrogen-bond acceptors (Lipinski definition) is 6. The van der Waals surface area contributed by atoms with Gasteiger partial charge in [-0.1, -0.05) is 48.2 Å². The second-order valence-corrected chi connectivity index (χ2v) is 7.22. The predicted octanol–water partition coefficient (Wildman–Crippen LogP) is 3.31. The first kappa shape index (κ1) is 16.2. The lowest BCUT2D eigenvalue weighted by molar-refractivity contribution is 0.572. The van der Waals surface area contributed by atoms with Gasteiger partial charge in [0, 0.05) is 25.7 Å². The summed E-state index contributed by atoms with van der Waals surface area (Å²) in [6, 6.07) is 6.64. The summed E-state index contributed by atoms with van der Waals surface area (Å²) in [6.45, 7) is 2.00. The van der Waals surface area contributed by atoms with Gasteiger partial charge in [-0.2, -0.15) is 0 Å². The van der Waals surface area contributed by atoms with E-state index in [4.69, 9.17) is 5.73 Å². The molecule has 2 atom stereocenters. The third kappa shape index (κ3) is 3.93. The Balaban J connectivity index is 2.26. The molecule has 0 bridgehead atoms. The maximum atomic E-state index is 14.1. The van der Waals surface area contributed by atoms with E-state index in [0.717, 1.165) is 15.9 Å². The first-order chi connectivity index (χ1) is 10.0. The molecular weight excluding hydrogens is 307 g/mol. The van der Waals surface area contributed by atoms with Gasteiger partial charge in [0.15, 0.2) is 4.34 Å². The molecule has 4 nitrogen and oxygen atoms in total. The predicted molar refractivity (Wildman–Crippen MR) is 87.5 cm³/mol. The highest BCUT2D eigenvalue weighted by molar-refractivity contribution is 8.01. The molecule has 2 rings (SSSR count). The molecule has 0 aliphatic rings. The summed E-state index contributed by atoms with van der Waals surface area (Å²) in [5.41, 5.74) is 6.81. The molecule has 21 heavy (non-hydrogen) atoms. The van der Waals surface area contributed by atoms with Crippen LogP contribution in [0.3, 0.4) is 0 Å². The number of benzene rings is 1. The largest absolute Gasteiger partial charge is 0.353 e. The van der Waals surface area contributed by atoms with Crippen molar-refractivity contribution in [2.24, 2.45) is 5.73 Å². The van der Waals surface area contributed by atoms with E-state index in [9.17, 15) is 4.39 Å². The second-order valence-electron chi connectivity index (χ2n) is 4.88. The molecule has 0 aliphatic heterocycles. The minimum absolute atomic E-state index is 0.140. The van der Waals surface area contributed by atoms with Crippen LogP contribution in [-0.4, -0.2) is 30.3 Å². The summed E-state index contributed by atoms with van der Waals surface area (Å²) in [5, 5.41) is 8.93. The molecule has 0 saturated carbocycles. The third-order valence-corrected chi connectivity index (χ3v) is 5.64. The Morgan fingerprint density at radius 3 is 2.62 bits per heavy atom. The molecule has 0 amide bonds. The van der Waals surface area contributed by atoms with Crippen LogP contribution in [0.25, 0.3) is 0 Å². The monoisotopic (exact) mass is 326 g/mol. The van der Waals surface area contributed by atoms with E-state index in [1.54, 1.807) is 12.1 Å². The quantitative estimate of drug-likeness (QED) is 0.825. The number of rotatable bonds is 6. The van der Waals surface area contributed by atoms with Gasteiger partial charge in [0.25, 0.3) is 0 Å². The summed E-state index contributed by atoms with van der Waals surface area (Å²) >= 11 is 2.97. The number of aromatic nitrogens is 2. The lowest BCUT2D eigenvalue weighted by Crippen LogP contribution is -2.26. The lowest BCUT2D eigenvalue weighted by Gasteiger charge is -2.22. The average Bonchev–Trinajstić information content (AvgIpc) is 2.94. The van der Waals surface area contributed by atoms with Crippen LogP contribution in [-0.2, 0) is 0 Å². The Morgan fingerprint density at radius 1 is 1.33 bits per heavy atom. The Hall–Kier alpha value is -1.18. The Labute approximate surface area is 132 Å². The van der Waals surface area contributed by atoms with Crippen LogP contribution in [0.4, 0.5) is 9.52 Å². The Kier molecular flexibility index (Phi) is 5.55. The SMILES string of the molecule is CCC(N)C(Sc1nnc(N(C)C)s1)c1ccccc1F. The van der Waals surface area contributed by atoms with Crippen molar-refractivity contribution in [1.29, 1.82) is 0 Å². The summed E-state index contributed by atoms with van der Waals surface area (Å²) in [5.74, 6) is -0.226. The van der Waals surface area contributed by atoms with Gasteiger partial charge in [0.2, 0.25) is 5.13 Å². The third-order valence-electron chi connectivity index (χ3n) is 3.08. The molecule has 0 aliphatic carbocycles. The normalized spacial score (nSPS) is 14.0. The van der Waals surface area contributed by atoms with Crippen LogP contribution in [0, 0.1) is 5.82 Å². The van der Waals surface area contributed by atoms with Gasteiger partial charge in [0.1, 0.15) is 5.82 Å². The van der Waals surface area contributed by atoms with Gasteiger partial charge < -0.3 is 10.6 Å². The van der Waals surface area contributed by atoms with Crippen LogP contribution in [0.5, 0.6) is 0 Å². The topological polar surface area (TPSA) is 55.0 Å². The molecule has 2 N–H and O–H groups in total. The zero-order valence-electron chi connectivity index (χ0n) is 12.3. The molecule has 7 heteroatoms. The lowest BCUT2D eigenvalue weighted by atomic mass is 10.0. The molecule has 0 spiro atoms. The van der Waals surface area contributed by atoms with Gasteiger partial charge in [0.05, 0.1) is 5.25 Å². The molecule has 0 fully saturated rings. The standard InChI is InChI=1S/C14H19FN4S2/c1-4-11(16)12(9-7-5-6-8-10(9)15)20-14-18-17-13(21-14)19(2)3/h5-8,11-12H,4,16H2,1-3H3. The molecule has 0 radical (unpaired) electrons. The van der Waals surface area contributed by atoms with Gasteiger partial charge >= 0.3 is 0 Å². The van der Waals surface area contributed by atoms with Crippen molar-refractivity contribution in [2.45, 2.75) is 29.0 Å². The molecular formula is C14H19FN4S2.